The van der Waals surface area contributed by atoms with Crippen LogP contribution in [-0.2, 0) is 26.3 Å². The fourth-order valence-corrected chi connectivity index (χ4v) is 7.84. The number of piperidine rings is 2. The molecule has 0 aliphatic carbocycles. The summed E-state index contributed by atoms with van der Waals surface area (Å²) in [7, 11) is 3.71. The zero-order chi connectivity index (χ0) is 32.2. The third-order valence-electron chi connectivity index (χ3n) is 9.98. The number of hydrogen-bond donors (Lipinski definition) is 0. The van der Waals surface area contributed by atoms with E-state index in [0.717, 1.165) is 51.1 Å². The molecule has 0 radical (unpaired) electrons. The summed E-state index contributed by atoms with van der Waals surface area (Å²) in [6.07, 6.45) is 6.98. The first-order valence-electron chi connectivity index (χ1n) is 16.0. The maximum atomic E-state index is 13.6. The summed E-state index contributed by atoms with van der Waals surface area (Å²) < 4.78 is 6.60. The topological polar surface area (TPSA) is 56.3 Å². The Kier molecular flexibility index (Phi) is 11.7. The Labute approximate surface area is 287 Å². The molecule has 2 aromatic rings. The second kappa shape index (κ2) is 15.1. The summed E-state index contributed by atoms with van der Waals surface area (Å²) >= 11 is 25.5. The third kappa shape index (κ3) is 8.11. The van der Waals surface area contributed by atoms with Gasteiger partial charge in [0.15, 0.2) is 0 Å². The van der Waals surface area contributed by atoms with E-state index in [9.17, 15) is 9.59 Å². The minimum absolute atomic E-state index is 0.0262. The van der Waals surface area contributed by atoms with E-state index in [1.165, 1.54) is 19.3 Å². The number of carbonyl (C=O) groups is 2. The largest absolute Gasteiger partial charge is 0.367 e. The predicted molar refractivity (Wildman–Crippen MR) is 183 cm³/mol. The third-order valence-corrected chi connectivity index (χ3v) is 11.6. The van der Waals surface area contributed by atoms with Crippen LogP contribution in [0, 0.1) is 0 Å². The van der Waals surface area contributed by atoms with Crippen molar-refractivity contribution in [1.29, 1.82) is 0 Å². The lowest BCUT2D eigenvalue weighted by Gasteiger charge is -2.51. The van der Waals surface area contributed by atoms with Gasteiger partial charge in [-0.1, -0.05) is 71.0 Å². The molecule has 1 atom stereocenters. The van der Waals surface area contributed by atoms with Crippen LogP contribution in [0.4, 0.5) is 0 Å². The first-order chi connectivity index (χ1) is 21.5. The average Bonchev–Trinajstić information content (AvgIpc) is 3.04. The van der Waals surface area contributed by atoms with Crippen molar-refractivity contribution in [3.05, 3.63) is 67.6 Å². The molecule has 1 unspecified atom stereocenters. The summed E-state index contributed by atoms with van der Waals surface area (Å²) in [4.78, 5) is 35.3. The number of likely N-dealkylation sites (tertiary alicyclic amines) is 2. The van der Waals surface area contributed by atoms with Crippen molar-refractivity contribution in [1.82, 2.24) is 19.6 Å². The molecule has 0 aromatic heterocycles. The van der Waals surface area contributed by atoms with Gasteiger partial charge in [0.05, 0.1) is 39.7 Å². The van der Waals surface area contributed by atoms with Crippen LogP contribution in [0.25, 0.3) is 0 Å². The van der Waals surface area contributed by atoms with Gasteiger partial charge in [-0.25, -0.2) is 0 Å². The van der Waals surface area contributed by atoms with Crippen LogP contribution >= 0.6 is 46.4 Å². The Bertz CT molecular complexity index is 1360. The van der Waals surface area contributed by atoms with Crippen molar-refractivity contribution >= 4 is 58.2 Å². The van der Waals surface area contributed by atoms with Gasteiger partial charge in [-0.3, -0.25) is 14.5 Å². The quantitative estimate of drug-likeness (QED) is 0.289. The molecule has 2 aromatic carbocycles. The normalized spacial score (nSPS) is 22.8. The fourth-order valence-electron chi connectivity index (χ4n) is 7.15. The van der Waals surface area contributed by atoms with E-state index in [1.807, 2.05) is 43.3 Å². The van der Waals surface area contributed by atoms with Gasteiger partial charge < -0.3 is 19.4 Å². The van der Waals surface area contributed by atoms with E-state index in [2.05, 4.69) is 9.80 Å². The summed E-state index contributed by atoms with van der Waals surface area (Å²) in [5, 5.41) is 1.79. The van der Waals surface area contributed by atoms with Gasteiger partial charge >= 0.3 is 0 Å². The second-order valence-electron chi connectivity index (χ2n) is 13.0. The summed E-state index contributed by atoms with van der Waals surface area (Å²) in [6.45, 7) is 6.03. The van der Waals surface area contributed by atoms with E-state index in [0.29, 0.717) is 58.2 Å². The molecule has 246 valence electrons. The van der Waals surface area contributed by atoms with E-state index in [4.69, 9.17) is 51.1 Å². The Morgan fingerprint density at radius 2 is 1.62 bits per heavy atom. The molecule has 3 aliphatic heterocycles. The molecule has 0 saturated carbocycles. The molecule has 11 heteroatoms. The average molecular weight is 699 g/mol. The van der Waals surface area contributed by atoms with Gasteiger partial charge in [-0.2, -0.15) is 0 Å². The number of carbonyl (C=O) groups excluding carboxylic acids is 2. The maximum absolute atomic E-state index is 13.6. The van der Waals surface area contributed by atoms with Crippen molar-refractivity contribution in [3.63, 3.8) is 0 Å². The zero-order valence-electron chi connectivity index (χ0n) is 26.3. The first-order valence-corrected chi connectivity index (χ1v) is 17.5. The molecule has 3 aliphatic rings. The lowest BCUT2D eigenvalue weighted by Crippen LogP contribution is -2.59. The fraction of sp³-hybridized carbons (Fsp3) is 0.588. The number of hydrogen-bond acceptors (Lipinski definition) is 5. The van der Waals surface area contributed by atoms with Gasteiger partial charge in [0.25, 0.3) is 0 Å². The molecular weight excluding hydrogens is 654 g/mol. The summed E-state index contributed by atoms with van der Waals surface area (Å²) in [5.41, 5.74) is 0.777. The van der Waals surface area contributed by atoms with Crippen LogP contribution in [0.5, 0.6) is 0 Å². The monoisotopic (exact) mass is 696 g/mol. The van der Waals surface area contributed by atoms with E-state index >= 15 is 0 Å². The number of rotatable bonds is 9. The van der Waals surface area contributed by atoms with Crippen LogP contribution < -0.4 is 0 Å². The number of benzene rings is 2. The van der Waals surface area contributed by atoms with E-state index < -0.39 is 5.60 Å². The highest BCUT2D eigenvalue weighted by atomic mass is 35.5. The van der Waals surface area contributed by atoms with Crippen LogP contribution in [-0.4, -0.2) is 103 Å². The van der Waals surface area contributed by atoms with Crippen molar-refractivity contribution in [2.75, 3.05) is 66.5 Å². The molecule has 0 spiro atoms. The molecule has 0 N–H and O–H groups in total. The smallest absolute Gasteiger partial charge is 0.227 e. The second-order valence-corrected chi connectivity index (χ2v) is 14.6. The molecule has 7 nitrogen and oxygen atoms in total. The Hall–Kier alpha value is -1.58. The lowest BCUT2D eigenvalue weighted by atomic mass is 9.80. The summed E-state index contributed by atoms with van der Waals surface area (Å²) in [5.74, 6) is 0.175. The lowest BCUT2D eigenvalue weighted by molar-refractivity contribution is -0.155. The van der Waals surface area contributed by atoms with E-state index in [-0.39, 0.29) is 23.8 Å². The number of ether oxygens (including phenoxy) is 1. The van der Waals surface area contributed by atoms with Crippen LogP contribution in [0.3, 0.4) is 0 Å². The van der Waals surface area contributed by atoms with E-state index in [1.54, 1.807) is 17.0 Å². The van der Waals surface area contributed by atoms with Gasteiger partial charge in [0.1, 0.15) is 5.60 Å². The number of morpholine rings is 1. The highest BCUT2D eigenvalue weighted by Gasteiger charge is 2.44. The van der Waals surface area contributed by atoms with Gasteiger partial charge in [-0.15, -0.1) is 0 Å². The van der Waals surface area contributed by atoms with Gasteiger partial charge in [-0.05, 0) is 87.6 Å². The zero-order valence-corrected chi connectivity index (χ0v) is 29.3. The highest BCUT2D eigenvalue weighted by molar-refractivity contribution is 6.42. The molecule has 45 heavy (non-hydrogen) atoms. The number of amides is 2. The van der Waals surface area contributed by atoms with Crippen molar-refractivity contribution in [3.8, 4) is 0 Å². The molecule has 0 bridgehead atoms. The van der Waals surface area contributed by atoms with Gasteiger partial charge in [0.2, 0.25) is 11.8 Å². The maximum Gasteiger partial charge on any atom is 0.227 e. The molecule has 2 amide bonds. The SMILES string of the molecule is CN(C)C(=O)CC1(N2CCCCC2)CCN(CCC2(c3ccc(Cl)c(Cl)c3)CN(C(=O)Cc3cccc(Cl)c3Cl)CCO2)CC1. The van der Waals surface area contributed by atoms with Crippen LogP contribution in [0.1, 0.15) is 56.1 Å². The molecular formula is C34H44Cl4N4O3. The molecule has 3 fully saturated rings. The molecule has 3 heterocycles. The van der Waals surface area contributed by atoms with Gasteiger partial charge in [0, 0.05) is 39.1 Å². The Morgan fingerprint density at radius 1 is 0.889 bits per heavy atom. The van der Waals surface area contributed by atoms with Crippen molar-refractivity contribution in [2.45, 2.75) is 62.5 Å². The minimum Gasteiger partial charge on any atom is -0.367 e. The number of nitrogens with zero attached hydrogens (tertiary/aromatic N) is 4. The molecule has 3 saturated heterocycles. The predicted octanol–water partition coefficient (Wildman–Crippen LogP) is 6.79. The Morgan fingerprint density at radius 3 is 2.31 bits per heavy atom. The van der Waals surface area contributed by atoms with Crippen molar-refractivity contribution in [2.24, 2.45) is 0 Å². The van der Waals surface area contributed by atoms with Crippen molar-refractivity contribution < 1.29 is 14.3 Å². The van der Waals surface area contributed by atoms with Crippen LogP contribution in [0.2, 0.25) is 20.1 Å². The highest BCUT2D eigenvalue weighted by Crippen LogP contribution is 2.39. The first kappa shape index (κ1) is 34.7. The summed E-state index contributed by atoms with van der Waals surface area (Å²) in [6, 6.07) is 11.0. The standard InChI is InChI=1S/C34H44Cl4N4O3/c1-39(2)31(44)23-33(42-14-4-3-5-15-42)11-16-40(17-12-33)18-13-34(26-9-10-27(35)29(37)22-26)24-41(19-20-45-34)30(43)21-25-7-6-8-28(36)32(25)38/h6-10,22H,3-5,11-21,23-24H2,1-2H3. The minimum atomic E-state index is -0.747. The van der Waals surface area contributed by atoms with Crippen LogP contribution in [0.15, 0.2) is 36.4 Å². The number of halogens is 4. The molecule has 5 rings (SSSR count). The Balaban J connectivity index is 1.31.